The van der Waals surface area contributed by atoms with Crippen molar-refractivity contribution in [3.05, 3.63) is 29.8 Å². The molecule has 0 aliphatic heterocycles. The topological polar surface area (TPSA) is 37.4 Å². The van der Waals surface area contributed by atoms with E-state index in [0.717, 1.165) is 25.7 Å². The number of aryl methyl sites for hydroxylation is 1. The van der Waals surface area contributed by atoms with Crippen molar-refractivity contribution >= 4 is 15.5 Å². The van der Waals surface area contributed by atoms with E-state index in [1.54, 1.807) is 13.8 Å². The summed E-state index contributed by atoms with van der Waals surface area (Å²) in [6.07, 6.45) is 6.40. The highest BCUT2D eigenvalue weighted by Gasteiger charge is 2.14. The Balaban J connectivity index is 2.17. The first-order chi connectivity index (χ1) is 10.3. The van der Waals surface area contributed by atoms with Crippen LogP contribution in [0.3, 0.4) is 0 Å². The van der Waals surface area contributed by atoms with Gasteiger partial charge in [-0.05, 0) is 50.8 Å². The molecular weight excluding hydrogens is 294 g/mol. The van der Waals surface area contributed by atoms with Gasteiger partial charge >= 0.3 is 0 Å². The number of unbranched alkanes of at least 4 members (excludes halogenated alkanes) is 4. The van der Waals surface area contributed by atoms with Crippen molar-refractivity contribution in [2.45, 2.75) is 57.6 Å². The molecule has 0 heterocycles. The lowest BCUT2D eigenvalue weighted by Crippen LogP contribution is -2.17. The molecule has 1 aromatic rings. The van der Waals surface area contributed by atoms with Crippen LogP contribution in [0.1, 0.15) is 51.5 Å². The number of nitrogens with zero attached hydrogens (tertiary/aromatic N) is 1. The Morgan fingerprint density at radius 3 is 2.27 bits per heavy atom. The summed E-state index contributed by atoms with van der Waals surface area (Å²) in [5, 5.41) is -0.239. The lowest BCUT2D eigenvalue weighted by molar-refractivity contribution is 0.577. The highest BCUT2D eigenvalue weighted by atomic mass is 32.2. The predicted molar refractivity (Wildman–Crippen MR) is 96.5 cm³/mol. The van der Waals surface area contributed by atoms with Crippen LogP contribution < -0.4 is 4.90 Å². The summed E-state index contributed by atoms with van der Waals surface area (Å²) >= 11 is 0. The van der Waals surface area contributed by atoms with Gasteiger partial charge in [-0.25, -0.2) is 8.42 Å². The summed E-state index contributed by atoms with van der Waals surface area (Å²) in [5.41, 5.74) is 2.63. The monoisotopic (exact) mass is 325 g/mol. The predicted octanol–water partition coefficient (Wildman–Crippen LogP) is 4.07. The standard InChI is InChI=1S/C18H31NO2S/c1-16(2)22(20,21)14-9-7-5-6-8-11-17-12-10-13-18(15-17)19(3)4/h10,12-13,15-16H,5-9,11,14H2,1-4H3. The highest BCUT2D eigenvalue weighted by Crippen LogP contribution is 2.16. The Labute approximate surface area is 136 Å². The average molecular weight is 326 g/mol. The van der Waals surface area contributed by atoms with Gasteiger partial charge in [-0.15, -0.1) is 0 Å². The molecule has 126 valence electrons. The molecule has 0 N–H and O–H groups in total. The lowest BCUT2D eigenvalue weighted by atomic mass is 10.0. The third-order valence-corrected chi connectivity index (χ3v) is 6.33. The molecule has 0 amide bonds. The fourth-order valence-electron chi connectivity index (χ4n) is 2.39. The summed E-state index contributed by atoms with van der Waals surface area (Å²) in [4.78, 5) is 2.12. The Kier molecular flexibility index (Phi) is 7.94. The highest BCUT2D eigenvalue weighted by molar-refractivity contribution is 7.91. The van der Waals surface area contributed by atoms with Crippen LogP contribution in [0.5, 0.6) is 0 Å². The van der Waals surface area contributed by atoms with Crippen molar-refractivity contribution < 1.29 is 8.42 Å². The SMILES string of the molecule is CC(C)S(=O)(=O)CCCCCCCc1cccc(N(C)C)c1. The molecule has 1 rings (SSSR count). The maximum absolute atomic E-state index is 11.7. The van der Waals surface area contributed by atoms with Crippen molar-refractivity contribution in [1.82, 2.24) is 0 Å². The fourth-order valence-corrected chi connectivity index (χ4v) is 3.47. The summed E-state index contributed by atoms with van der Waals surface area (Å²) in [6, 6.07) is 8.66. The zero-order chi connectivity index (χ0) is 16.6. The van der Waals surface area contributed by atoms with Crippen LogP contribution in [-0.2, 0) is 16.3 Å². The largest absolute Gasteiger partial charge is 0.378 e. The van der Waals surface area contributed by atoms with Gasteiger partial charge in [-0.1, -0.05) is 31.4 Å². The zero-order valence-corrected chi connectivity index (χ0v) is 15.3. The first kappa shape index (κ1) is 19.0. The smallest absolute Gasteiger partial charge is 0.152 e. The van der Waals surface area contributed by atoms with Crippen LogP contribution in [0.2, 0.25) is 0 Å². The minimum absolute atomic E-state index is 0.239. The maximum atomic E-state index is 11.7. The second-order valence-corrected chi connectivity index (χ2v) is 9.17. The molecule has 0 atom stereocenters. The summed E-state index contributed by atoms with van der Waals surface area (Å²) in [5.74, 6) is 0.343. The molecule has 0 bridgehead atoms. The van der Waals surface area contributed by atoms with Gasteiger partial charge in [0.25, 0.3) is 0 Å². The number of benzene rings is 1. The summed E-state index contributed by atoms with van der Waals surface area (Å²) in [6.45, 7) is 3.52. The molecule has 4 heteroatoms. The first-order valence-corrected chi connectivity index (χ1v) is 10.0. The zero-order valence-electron chi connectivity index (χ0n) is 14.5. The van der Waals surface area contributed by atoms with E-state index in [-0.39, 0.29) is 5.25 Å². The van der Waals surface area contributed by atoms with E-state index in [9.17, 15) is 8.42 Å². The number of hydrogen-bond acceptors (Lipinski definition) is 3. The Hall–Kier alpha value is -1.03. The number of hydrogen-bond donors (Lipinski definition) is 0. The second-order valence-electron chi connectivity index (χ2n) is 6.50. The number of anilines is 1. The van der Waals surface area contributed by atoms with E-state index in [2.05, 4.69) is 43.3 Å². The molecule has 1 aromatic carbocycles. The molecular formula is C18H31NO2S. The van der Waals surface area contributed by atoms with Crippen molar-refractivity contribution in [2.24, 2.45) is 0 Å². The van der Waals surface area contributed by atoms with Crippen LogP contribution in [0.15, 0.2) is 24.3 Å². The fraction of sp³-hybridized carbons (Fsp3) is 0.667. The van der Waals surface area contributed by atoms with Crippen molar-refractivity contribution in [2.75, 3.05) is 24.7 Å². The maximum Gasteiger partial charge on any atom is 0.152 e. The molecule has 0 radical (unpaired) electrons. The van der Waals surface area contributed by atoms with E-state index < -0.39 is 9.84 Å². The molecule has 0 saturated heterocycles. The van der Waals surface area contributed by atoms with Gasteiger partial charge in [0.1, 0.15) is 0 Å². The average Bonchev–Trinajstić information content (AvgIpc) is 2.46. The van der Waals surface area contributed by atoms with Crippen LogP contribution in [0, 0.1) is 0 Å². The first-order valence-electron chi connectivity index (χ1n) is 8.31. The number of sulfone groups is 1. The van der Waals surface area contributed by atoms with Gasteiger partial charge in [-0.2, -0.15) is 0 Å². The molecule has 0 aromatic heterocycles. The normalized spacial score (nSPS) is 11.9. The van der Waals surface area contributed by atoms with E-state index in [0.29, 0.717) is 5.75 Å². The van der Waals surface area contributed by atoms with Gasteiger partial charge in [0.15, 0.2) is 9.84 Å². The van der Waals surface area contributed by atoms with E-state index in [1.807, 2.05) is 0 Å². The molecule has 0 aliphatic carbocycles. The Morgan fingerprint density at radius 2 is 1.64 bits per heavy atom. The Morgan fingerprint density at radius 1 is 1.00 bits per heavy atom. The molecule has 3 nitrogen and oxygen atoms in total. The van der Waals surface area contributed by atoms with Crippen molar-refractivity contribution in [3.63, 3.8) is 0 Å². The summed E-state index contributed by atoms with van der Waals surface area (Å²) in [7, 11) is 1.27. The Bertz CT molecular complexity index is 536. The van der Waals surface area contributed by atoms with Crippen LogP contribution in [0.25, 0.3) is 0 Å². The van der Waals surface area contributed by atoms with Gasteiger partial charge in [-0.3, -0.25) is 0 Å². The van der Waals surface area contributed by atoms with Gasteiger partial charge < -0.3 is 4.90 Å². The number of rotatable bonds is 10. The van der Waals surface area contributed by atoms with Crippen LogP contribution in [-0.4, -0.2) is 33.5 Å². The van der Waals surface area contributed by atoms with Crippen LogP contribution in [0.4, 0.5) is 5.69 Å². The van der Waals surface area contributed by atoms with E-state index in [4.69, 9.17) is 0 Å². The molecule has 22 heavy (non-hydrogen) atoms. The molecule has 0 fully saturated rings. The molecule has 0 spiro atoms. The van der Waals surface area contributed by atoms with Crippen molar-refractivity contribution in [1.29, 1.82) is 0 Å². The minimum Gasteiger partial charge on any atom is -0.378 e. The van der Waals surface area contributed by atoms with E-state index >= 15 is 0 Å². The molecule has 0 unspecified atom stereocenters. The summed E-state index contributed by atoms with van der Waals surface area (Å²) < 4.78 is 23.4. The van der Waals surface area contributed by atoms with Gasteiger partial charge in [0.05, 0.1) is 11.0 Å². The third kappa shape index (κ3) is 6.82. The minimum atomic E-state index is -2.85. The second kappa shape index (κ2) is 9.19. The van der Waals surface area contributed by atoms with Gasteiger partial charge in [0.2, 0.25) is 0 Å². The van der Waals surface area contributed by atoms with Crippen molar-refractivity contribution in [3.8, 4) is 0 Å². The quantitative estimate of drug-likeness (QED) is 0.609. The molecule has 0 aliphatic rings. The molecule has 0 saturated carbocycles. The van der Waals surface area contributed by atoms with E-state index in [1.165, 1.54) is 24.1 Å². The third-order valence-electron chi connectivity index (χ3n) is 4.04. The van der Waals surface area contributed by atoms with Gasteiger partial charge in [0, 0.05) is 19.8 Å². The van der Waals surface area contributed by atoms with Crippen LogP contribution >= 0.6 is 0 Å². The lowest BCUT2D eigenvalue weighted by Gasteiger charge is -2.13.